The molecule has 0 saturated carbocycles. The minimum absolute atomic E-state index is 0.0284. The first-order valence-corrected chi connectivity index (χ1v) is 17.0. The molecule has 0 amide bonds. The largest absolute Gasteiger partial charge is 0.414 e. The Morgan fingerprint density at radius 2 is 1.63 bits per heavy atom. The molecule has 1 aromatic rings. The van der Waals surface area contributed by atoms with Crippen LogP contribution in [-0.2, 0) is 13.6 Å². The topological polar surface area (TPSA) is 52.6 Å². The van der Waals surface area contributed by atoms with E-state index in [1.54, 1.807) is 0 Å². The highest BCUT2D eigenvalue weighted by molar-refractivity contribution is 6.74. The van der Waals surface area contributed by atoms with Crippen molar-refractivity contribution in [3.8, 4) is 0 Å². The summed E-state index contributed by atoms with van der Waals surface area (Å²) >= 11 is 0. The van der Waals surface area contributed by atoms with Crippen molar-refractivity contribution >= 4 is 22.5 Å². The van der Waals surface area contributed by atoms with Gasteiger partial charge in [-0.05, 0) is 48.4 Å². The molecule has 0 spiro atoms. The summed E-state index contributed by atoms with van der Waals surface area (Å²) in [7, 11) is -1.90. The second-order valence-corrected chi connectivity index (χ2v) is 21.2. The molecule has 1 fully saturated rings. The lowest BCUT2D eigenvalue weighted by molar-refractivity contribution is -0.0175. The maximum atomic E-state index is 6.84. The summed E-state index contributed by atoms with van der Waals surface area (Å²) in [5.41, 5.74) is 0.959. The second kappa shape index (κ2) is 9.02. The molecule has 0 bridgehead atoms. The lowest BCUT2D eigenvalue weighted by Crippen LogP contribution is -2.48. The van der Waals surface area contributed by atoms with Gasteiger partial charge in [0, 0.05) is 13.5 Å². The molecule has 2 rings (SSSR count). The van der Waals surface area contributed by atoms with Gasteiger partial charge in [-0.25, -0.2) is 4.98 Å². The fourth-order valence-electron chi connectivity index (χ4n) is 3.01. The van der Waals surface area contributed by atoms with Gasteiger partial charge in [-0.3, -0.25) is 0 Å². The molecule has 1 N–H and O–H groups in total. The summed E-state index contributed by atoms with van der Waals surface area (Å²) in [5.74, 6) is 0.860. The number of nitrogens with zero attached hydrogens (tertiary/aromatic N) is 1. The van der Waals surface area contributed by atoms with Crippen LogP contribution >= 0.6 is 0 Å². The van der Waals surface area contributed by atoms with Crippen LogP contribution in [0.4, 0.5) is 5.82 Å². The molecule has 30 heavy (non-hydrogen) atoms. The van der Waals surface area contributed by atoms with Crippen LogP contribution in [0, 0.1) is 0 Å². The number of pyridine rings is 1. The van der Waals surface area contributed by atoms with Crippen LogP contribution in [-0.4, -0.2) is 47.5 Å². The van der Waals surface area contributed by atoms with E-state index in [0.29, 0.717) is 6.61 Å². The molecule has 0 aliphatic carbocycles. The third-order valence-corrected chi connectivity index (χ3v) is 16.2. The van der Waals surface area contributed by atoms with E-state index in [9.17, 15) is 0 Å². The van der Waals surface area contributed by atoms with Crippen molar-refractivity contribution in [3.63, 3.8) is 0 Å². The van der Waals surface area contributed by atoms with Gasteiger partial charge in [0.2, 0.25) is 0 Å². The highest BCUT2D eigenvalue weighted by atomic mass is 28.4. The van der Waals surface area contributed by atoms with Gasteiger partial charge in [0.15, 0.2) is 16.6 Å². The van der Waals surface area contributed by atoms with Gasteiger partial charge in [-0.2, -0.15) is 0 Å². The number of ether oxygens (including phenoxy) is 1. The zero-order chi connectivity index (χ0) is 23.0. The van der Waals surface area contributed by atoms with Crippen molar-refractivity contribution in [2.75, 3.05) is 19.0 Å². The molecule has 0 radical (unpaired) electrons. The second-order valence-electron chi connectivity index (χ2n) is 11.6. The SMILES string of the molecule is CNc1cccc([C@H]2C[C@H](O[Si](C)(C)C(C)(C)C)[C@@H](CO[Si](C)(C)C(C)(C)C)O2)n1. The summed E-state index contributed by atoms with van der Waals surface area (Å²) in [6.45, 7) is 23.5. The first-order chi connectivity index (χ1) is 13.6. The van der Waals surface area contributed by atoms with E-state index in [1.807, 2.05) is 25.2 Å². The fourth-order valence-corrected chi connectivity index (χ4v) is 5.38. The molecule has 1 aromatic heterocycles. The molecule has 7 heteroatoms. The quantitative estimate of drug-likeness (QED) is 0.487. The van der Waals surface area contributed by atoms with Crippen molar-refractivity contribution in [2.45, 2.75) is 103 Å². The van der Waals surface area contributed by atoms with Crippen LogP contribution in [0.25, 0.3) is 0 Å². The molecule has 3 atom stereocenters. The summed E-state index contributed by atoms with van der Waals surface area (Å²) in [6, 6.07) is 6.05. The standard InChI is InChI=1S/C23H44N2O3Si2/c1-22(2,3)29(8,9)26-16-20-19(28-30(10,11)23(4,5)6)15-18(27-20)17-13-12-14-21(24-7)25-17/h12-14,18-20H,15-16H2,1-11H3,(H,24,25)/t18-,19+,20-/m1/s1. The van der Waals surface area contributed by atoms with Gasteiger partial charge in [0.05, 0.1) is 18.4 Å². The minimum atomic E-state index is -1.93. The molecule has 2 heterocycles. The number of hydrogen-bond acceptors (Lipinski definition) is 5. The van der Waals surface area contributed by atoms with Gasteiger partial charge in [0.1, 0.15) is 18.0 Å². The van der Waals surface area contributed by atoms with Crippen LogP contribution < -0.4 is 5.32 Å². The first kappa shape index (κ1) is 25.5. The predicted octanol–water partition coefficient (Wildman–Crippen LogP) is 6.37. The Bertz CT molecular complexity index is 711. The third-order valence-electron chi connectivity index (χ3n) is 7.22. The van der Waals surface area contributed by atoms with Crippen molar-refractivity contribution in [1.82, 2.24) is 4.98 Å². The highest BCUT2D eigenvalue weighted by Gasteiger charge is 2.46. The van der Waals surface area contributed by atoms with Gasteiger partial charge in [-0.15, -0.1) is 0 Å². The van der Waals surface area contributed by atoms with E-state index in [4.69, 9.17) is 18.6 Å². The average Bonchev–Trinajstić information content (AvgIpc) is 3.00. The van der Waals surface area contributed by atoms with Crippen molar-refractivity contribution < 1.29 is 13.6 Å². The van der Waals surface area contributed by atoms with Crippen molar-refractivity contribution in [2.24, 2.45) is 0 Å². The molecule has 5 nitrogen and oxygen atoms in total. The molecule has 0 aromatic carbocycles. The fraction of sp³-hybridized carbons (Fsp3) is 0.783. The van der Waals surface area contributed by atoms with E-state index in [0.717, 1.165) is 17.9 Å². The van der Waals surface area contributed by atoms with E-state index >= 15 is 0 Å². The first-order valence-electron chi connectivity index (χ1n) is 11.2. The smallest absolute Gasteiger partial charge is 0.192 e. The van der Waals surface area contributed by atoms with Gasteiger partial charge in [0.25, 0.3) is 0 Å². The average molecular weight is 453 g/mol. The monoisotopic (exact) mass is 452 g/mol. The number of rotatable bonds is 7. The summed E-state index contributed by atoms with van der Waals surface area (Å²) < 4.78 is 19.9. The van der Waals surface area contributed by atoms with Crippen molar-refractivity contribution in [1.29, 1.82) is 0 Å². The Balaban J connectivity index is 2.23. The Morgan fingerprint density at radius 3 is 2.17 bits per heavy atom. The van der Waals surface area contributed by atoms with E-state index < -0.39 is 16.6 Å². The molecular weight excluding hydrogens is 408 g/mol. The minimum Gasteiger partial charge on any atom is -0.414 e. The van der Waals surface area contributed by atoms with Crippen LogP contribution in [0.5, 0.6) is 0 Å². The lowest BCUT2D eigenvalue weighted by atomic mass is 10.1. The summed E-state index contributed by atoms with van der Waals surface area (Å²) in [4.78, 5) is 4.72. The lowest BCUT2D eigenvalue weighted by Gasteiger charge is -2.40. The molecule has 1 saturated heterocycles. The van der Waals surface area contributed by atoms with Gasteiger partial charge in [-0.1, -0.05) is 47.6 Å². The molecular formula is C23H44N2O3Si2. The Morgan fingerprint density at radius 1 is 1.03 bits per heavy atom. The predicted molar refractivity (Wildman–Crippen MR) is 131 cm³/mol. The zero-order valence-electron chi connectivity index (χ0n) is 21.1. The number of hydrogen-bond donors (Lipinski definition) is 1. The van der Waals surface area contributed by atoms with E-state index in [1.165, 1.54) is 0 Å². The maximum absolute atomic E-state index is 6.84. The van der Waals surface area contributed by atoms with Crippen LogP contribution in [0.2, 0.25) is 36.3 Å². The highest BCUT2D eigenvalue weighted by Crippen LogP contribution is 2.43. The Kier molecular flexibility index (Phi) is 7.67. The summed E-state index contributed by atoms with van der Waals surface area (Å²) in [6.07, 6.45) is 0.707. The normalized spacial score (nSPS) is 23.6. The zero-order valence-corrected chi connectivity index (χ0v) is 23.1. The van der Waals surface area contributed by atoms with Crippen LogP contribution in [0.1, 0.15) is 59.8 Å². The molecule has 1 aliphatic heterocycles. The third kappa shape index (κ3) is 5.94. The molecule has 0 unspecified atom stereocenters. The molecule has 1 aliphatic rings. The van der Waals surface area contributed by atoms with Crippen LogP contribution in [0.3, 0.4) is 0 Å². The number of nitrogens with one attached hydrogen (secondary N) is 1. The van der Waals surface area contributed by atoms with E-state index in [-0.39, 0.29) is 28.4 Å². The van der Waals surface area contributed by atoms with E-state index in [2.05, 4.69) is 73.0 Å². The number of aromatic nitrogens is 1. The van der Waals surface area contributed by atoms with Crippen LogP contribution in [0.15, 0.2) is 18.2 Å². The van der Waals surface area contributed by atoms with Crippen molar-refractivity contribution in [3.05, 3.63) is 23.9 Å². The maximum Gasteiger partial charge on any atom is 0.192 e. The molecule has 172 valence electrons. The van der Waals surface area contributed by atoms with Gasteiger partial charge < -0.3 is 18.9 Å². The van der Waals surface area contributed by atoms with Gasteiger partial charge >= 0.3 is 0 Å². The number of anilines is 1. The summed E-state index contributed by atoms with van der Waals surface area (Å²) in [5, 5.41) is 3.45. The Hall–Kier alpha value is -0.736. The Labute approximate surface area is 186 Å².